The van der Waals surface area contributed by atoms with Crippen LogP contribution in [0, 0.1) is 11.8 Å². The van der Waals surface area contributed by atoms with Gasteiger partial charge in [-0.15, -0.1) is 0 Å². The lowest BCUT2D eigenvalue weighted by Gasteiger charge is -2.37. The van der Waals surface area contributed by atoms with E-state index in [9.17, 15) is 0 Å². The number of hydrazine groups is 1. The van der Waals surface area contributed by atoms with Crippen molar-refractivity contribution in [2.45, 2.75) is 20.8 Å². The average molecular weight is 142 g/mol. The lowest BCUT2D eigenvalue weighted by molar-refractivity contribution is 0.0496. The zero-order valence-electron chi connectivity index (χ0n) is 7.22. The summed E-state index contributed by atoms with van der Waals surface area (Å²) in [6.07, 6.45) is 0. The van der Waals surface area contributed by atoms with Gasteiger partial charge in [-0.2, -0.15) is 0 Å². The van der Waals surface area contributed by atoms with E-state index < -0.39 is 0 Å². The molecule has 0 aromatic carbocycles. The largest absolute Gasteiger partial charge is 0.255 e. The number of hydrogen-bond acceptors (Lipinski definition) is 2. The van der Waals surface area contributed by atoms with Crippen molar-refractivity contribution in [1.29, 1.82) is 0 Å². The maximum Gasteiger partial charge on any atom is 0.0169 e. The topological polar surface area (TPSA) is 15.3 Å². The molecule has 1 saturated heterocycles. The fraction of sp³-hybridized carbons (Fsp3) is 1.00. The second kappa shape index (κ2) is 3.35. The van der Waals surface area contributed by atoms with Gasteiger partial charge >= 0.3 is 0 Å². The molecule has 1 rings (SSSR count). The molecule has 1 aliphatic heterocycles. The second-order valence-electron chi connectivity index (χ2n) is 3.77. The van der Waals surface area contributed by atoms with Crippen molar-refractivity contribution in [2.75, 3.05) is 19.6 Å². The Kier molecular flexibility index (Phi) is 2.69. The van der Waals surface area contributed by atoms with Crippen LogP contribution in [0.25, 0.3) is 0 Å². The first-order chi connectivity index (χ1) is 4.68. The van der Waals surface area contributed by atoms with E-state index in [2.05, 4.69) is 31.2 Å². The number of hydrogen-bond donors (Lipinski definition) is 1. The molecule has 0 bridgehead atoms. The maximum atomic E-state index is 3.38. The van der Waals surface area contributed by atoms with E-state index >= 15 is 0 Å². The van der Waals surface area contributed by atoms with E-state index in [4.69, 9.17) is 0 Å². The van der Waals surface area contributed by atoms with Crippen LogP contribution in [0.5, 0.6) is 0 Å². The lowest BCUT2D eigenvalue weighted by atomic mass is 10.1. The first-order valence-corrected chi connectivity index (χ1v) is 4.17. The fourth-order valence-corrected chi connectivity index (χ4v) is 1.14. The normalized spacial score (nSPS) is 21.6. The Morgan fingerprint density at radius 3 is 2.50 bits per heavy atom. The van der Waals surface area contributed by atoms with Gasteiger partial charge in [-0.3, -0.25) is 5.43 Å². The van der Waals surface area contributed by atoms with Crippen LogP contribution in [0.15, 0.2) is 0 Å². The van der Waals surface area contributed by atoms with Gasteiger partial charge in [0.15, 0.2) is 0 Å². The van der Waals surface area contributed by atoms with Crippen molar-refractivity contribution < 1.29 is 0 Å². The van der Waals surface area contributed by atoms with E-state index in [0.29, 0.717) is 0 Å². The van der Waals surface area contributed by atoms with Crippen molar-refractivity contribution in [3.05, 3.63) is 0 Å². The zero-order chi connectivity index (χ0) is 7.56. The quantitative estimate of drug-likeness (QED) is 0.634. The standard InChI is InChI=1S/C8H18N2/c1-7(2)4-9-10-5-8(3)6-10/h7-9H,4-6H2,1-3H3. The van der Waals surface area contributed by atoms with E-state index in [1.54, 1.807) is 0 Å². The molecule has 0 spiro atoms. The van der Waals surface area contributed by atoms with Gasteiger partial charge < -0.3 is 0 Å². The zero-order valence-corrected chi connectivity index (χ0v) is 7.22. The van der Waals surface area contributed by atoms with E-state index in [1.165, 1.54) is 13.1 Å². The third-order valence-electron chi connectivity index (χ3n) is 1.79. The molecule has 0 atom stereocenters. The van der Waals surface area contributed by atoms with Crippen LogP contribution < -0.4 is 5.43 Å². The van der Waals surface area contributed by atoms with Crippen LogP contribution in [0.3, 0.4) is 0 Å². The van der Waals surface area contributed by atoms with Gasteiger partial charge in [-0.05, 0) is 11.8 Å². The van der Waals surface area contributed by atoms with Gasteiger partial charge in [0.2, 0.25) is 0 Å². The first-order valence-electron chi connectivity index (χ1n) is 4.17. The van der Waals surface area contributed by atoms with E-state index in [-0.39, 0.29) is 0 Å². The summed E-state index contributed by atoms with van der Waals surface area (Å²) in [6, 6.07) is 0. The highest BCUT2D eigenvalue weighted by Gasteiger charge is 2.21. The van der Waals surface area contributed by atoms with Gasteiger partial charge in [0.1, 0.15) is 0 Å². The van der Waals surface area contributed by atoms with Gasteiger partial charge in [-0.1, -0.05) is 20.8 Å². The van der Waals surface area contributed by atoms with Gasteiger partial charge in [-0.25, -0.2) is 5.01 Å². The molecule has 0 aromatic rings. The summed E-state index contributed by atoms with van der Waals surface area (Å²) in [5.74, 6) is 1.66. The molecule has 0 unspecified atom stereocenters. The Labute approximate surface area is 63.6 Å². The molecule has 60 valence electrons. The van der Waals surface area contributed by atoms with Crippen molar-refractivity contribution in [2.24, 2.45) is 11.8 Å². The van der Waals surface area contributed by atoms with Crippen LogP contribution >= 0.6 is 0 Å². The molecule has 0 radical (unpaired) electrons. The summed E-state index contributed by atoms with van der Waals surface area (Å²) < 4.78 is 0. The van der Waals surface area contributed by atoms with Crippen LogP contribution in [-0.4, -0.2) is 24.6 Å². The predicted octanol–water partition coefficient (Wildman–Crippen LogP) is 1.10. The van der Waals surface area contributed by atoms with Crippen LogP contribution in [0.1, 0.15) is 20.8 Å². The minimum atomic E-state index is 0.760. The van der Waals surface area contributed by atoms with Gasteiger partial charge in [0.25, 0.3) is 0 Å². The Bertz CT molecular complexity index is 95.4. The molecule has 0 aromatic heterocycles. The van der Waals surface area contributed by atoms with Crippen molar-refractivity contribution in [3.63, 3.8) is 0 Å². The second-order valence-corrected chi connectivity index (χ2v) is 3.77. The molecular formula is C8H18N2. The van der Waals surface area contributed by atoms with E-state index in [0.717, 1.165) is 18.4 Å². The van der Waals surface area contributed by atoms with Crippen molar-refractivity contribution in [1.82, 2.24) is 10.4 Å². The predicted molar refractivity (Wildman–Crippen MR) is 43.6 cm³/mol. The summed E-state index contributed by atoms with van der Waals surface area (Å²) in [6.45, 7) is 10.3. The molecule has 2 nitrogen and oxygen atoms in total. The molecule has 1 fully saturated rings. The summed E-state index contributed by atoms with van der Waals surface area (Å²) in [5, 5.41) is 2.30. The Morgan fingerprint density at radius 2 is 2.10 bits per heavy atom. The Balaban J connectivity index is 1.95. The number of nitrogens with zero attached hydrogens (tertiary/aromatic N) is 1. The summed E-state index contributed by atoms with van der Waals surface area (Å²) in [5.41, 5.74) is 3.38. The Morgan fingerprint density at radius 1 is 1.50 bits per heavy atom. The van der Waals surface area contributed by atoms with Crippen LogP contribution in [0.4, 0.5) is 0 Å². The molecule has 2 heteroatoms. The summed E-state index contributed by atoms with van der Waals surface area (Å²) in [7, 11) is 0. The molecular weight excluding hydrogens is 124 g/mol. The molecule has 10 heavy (non-hydrogen) atoms. The van der Waals surface area contributed by atoms with Gasteiger partial charge in [0.05, 0.1) is 0 Å². The van der Waals surface area contributed by atoms with Crippen LogP contribution in [0.2, 0.25) is 0 Å². The molecule has 0 saturated carbocycles. The highest BCUT2D eigenvalue weighted by molar-refractivity contribution is 4.72. The first kappa shape index (κ1) is 8.02. The van der Waals surface area contributed by atoms with Gasteiger partial charge in [0, 0.05) is 19.6 Å². The average Bonchev–Trinajstić information content (AvgIpc) is 1.77. The van der Waals surface area contributed by atoms with Crippen molar-refractivity contribution in [3.8, 4) is 0 Å². The Hall–Kier alpha value is -0.0800. The summed E-state index contributed by atoms with van der Waals surface area (Å²) >= 11 is 0. The fourth-order valence-electron chi connectivity index (χ4n) is 1.14. The highest BCUT2D eigenvalue weighted by atomic mass is 15.5. The summed E-state index contributed by atoms with van der Waals surface area (Å²) in [4.78, 5) is 0. The molecule has 1 aliphatic rings. The monoisotopic (exact) mass is 142 g/mol. The SMILES string of the molecule is CC(C)CNN1CC(C)C1. The molecule has 1 N–H and O–H groups in total. The maximum absolute atomic E-state index is 3.38. The third kappa shape index (κ3) is 2.27. The lowest BCUT2D eigenvalue weighted by Crippen LogP contribution is -2.53. The molecule has 1 heterocycles. The number of nitrogens with one attached hydrogen (secondary N) is 1. The smallest absolute Gasteiger partial charge is 0.0169 e. The minimum Gasteiger partial charge on any atom is -0.255 e. The highest BCUT2D eigenvalue weighted by Crippen LogP contribution is 2.10. The van der Waals surface area contributed by atoms with E-state index in [1.807, 2.05) is 0 Å². The van der Waals surface area contributed by atoms with Crippen LogP contribution in [-0.2, 0) is 0 Å². The van der Waals surface area contributed by atoms with Crippen molar-refractivity contribution >= 4 is 0 Å². The molecule has 0 amide bonds. The number of rotatable bonds is 3. The third-order valence-corrected chi connectivity index (χ3v) is 1.79. The molecule has 0 aliphatic carbocycles. The minimum absolute atomic E-state index is 0.760.